The molecule has 0 aliphatic rings. The Labute approximate surface area is 105 Å². The first-order chi connectivity index (χ1) is 8.41. The zero-order valence-corrected chi connectivity index (χ0v) is 10.4. The van der Waals surface area contributed by atoms with Gasteiger partial charge in [0.05, 0.1) is 6.54 Å². The minimum Gasteiger partial charge on any atom is -0.381 e. The van der Waals surface area contributed by atoms with Crippen LogP contribution in [0.4, 0.5) is 5.69 Å². The van der Waals surface area contributed by atoms with Crippen LogP contribution in [0, 0.1) is 0 Å². The van der Waals surface area contributed by atoms with Crippen molar-refractivity contribution in [2.45, 2.75) is 6.10 Å². The van der Waals surface area contributed by atoms with E-state index in [9.17, 15) is 9.59 Å². The van der Waals surface area contributed by atoms with Gasteiger partial charge in [-0.2, -0.15) is 0 Å². The topological polar surface area (TPSA) is 95.7 Å². The number of primary amides is 1. The van der Waals surface area contributed by atoms with Crippen molar-refractivity contribution in [1.82, 2.24) is 5.32 Å². The first kappa shape index (κ1) is 14.0. The van der Waals surface area contributed by atoms with Crippen LogP contribution in [-0.4, -0.2) is 43.7 Å². The highest BCUT2D eigenvalue weighted by atomic mass is 16.3. The Morgan fingerprint density at radius 3 is 2.33 bits per heavy atom. The number of carbonyl (C=O) groups is 2. The standard InChI is InChI=1S/C12H17N3O3/c1-15(2)9-5-3-8(4-6-9)12(18)14-7-10(16)11(13)17/h3-6,10,16H,7H2,1-2H3,(H2,13,17)(H,14,18). The first-order valence-corrected chi connectivity index (χ1v) is 5.45. The Kier molecular flexibility index (Phi) is 4.67. The Morgan fingerprint density at radius 2 is 1.89 bits per heavy atom. The van der Waals surface area contributed by atoms with E-state index in [0.29, 0.717) is 5.56 Å². The second kappa shape index (κ2) is 6.02. The number of aliphatic hydroxyl groups excluding tert-OH is 1. The fourth-order valence-corrected chi connectivity index (χ4v) is 1.30. The number of rotatable bonds is 5. The maximum absolute atomic E-state index is 11.7. The van der Waals surface area contributed by atoms with Crippen LogP contribution in [0.5, 0.6) is 0 Å². The quantitative estimate of drug-likeness (QED) is 0.646. The van der Waals surface area contributed by atoms with E-state index in [-0.39, 0.29) is 12.5 Å². The van der Waals surface area contributed by atoms with Gasteiger partial charge < -0.3 is 21.1 Å². The molecule has 0 aromatic heterocycles. The number of amides is 2. The molecule has 4 N–H and O–H groups in total. The predicted octanol–water partition coefficient (Wildman–Crippen LogP) is -0.671. The van der Waals surface area contributed by atoms with E-state index in [1.807, 2.05) is 19.0 Å². The summed E-state index contributed by atoms with van der Waals surface area (Å²) in [6.45, 7) is -0.191. The SMILES string of the molecule is CN(C)c1ccc(C(=O)NCC(O)C(N)=O)cc1. The molecule has 1 atom stereocenters. The number of aliphatic hydroxyl groups is 1. The molecule has 6 heteroatoms. The lowest BCUT2D eigenvalue weighted by Gasteiger charge is -2.13. The second-order valence-electron chi connectivity index (χ2n) is 4.07. The average Bonchev–Trinajstić information content (AvgIpc) is 2.35. The lowest BCUT2D eigenvalue weighted by Crippen LogP contribution is -2.39. The van der Waals surface area contributed by atoms with Gasteiger partial charge >= 0.3 is 0 Å². The van der Waals surface area contributed by atoms with E-state index in [1.54, 1.807) is 24.3 Å². The van der Waals surface area contributed by atoms with Gasteiger partial charge in [0.15, 0.2) is 0 Å². The van der Waals surface area contributed by atoms with Crippen LogP contribution in [0.25, 0.3) is 0 Å². The Hall–Kier alpha value is -2.08. The van der Waals surface area contributed by atoms with E-state index in [4.69, 9.17) is 10.8 Å². The van der Waals surface area contributed by atoms with Crippen molar-refractivity contribution in [1.29, 1.82) is 0 Å². The molecule has 1 rings (SSSR count). The molecule has 6 nitrogen and oxygen atoms in total. The van der Waals surface area contributed by atoms with Gasteiger partial charge in [0.25, 0.3) is 5.91 Å². The predicted molar refractivity (Wildman–Crippen MR) is 68.3 cm³/mol. The number of carbonyl (C=O) groups excluding carboxylic acids is 2. The smallest absolute Gasteiger partial charge is 0.251 e. The van der Waals surface area contributed by atoms with Crippen molar-refractivity contribution in [3.8, 4) is 0 Å². The summed E-state index contributed by atoms with van der Waals surface area (Å²) in [6, 6.07) is 6.95. The highest BCUT2D eigenvalue weighted by molar-refractivity contribution is 5.94. The molecule has 2 amide bonds. The van der Waals surface area contributed by atoms with Crippen LogP contribution >= 0.6 is 0 Å². The van der Waals surface area contributed by atoms with Crippen LogP contribution in [0.3, 0.4) is 0 Å². The molecule has 0 saturated carbocycles. The van der Waals surface area contributed by atoms with E-state index < -0.39 is 12.0 Å². The van der Waals surface area contributed by atoms with E-state index in [1.165, 1.54) is 0 Å². The van der Waals surface area contributed by atoms with E-state index >= 15 is 0 Å². The fourth-order valence-electron chi connectivity index (χ4n) is 1.30. The van der Waals surface area contributed by atoms with Crippen LogP contribution < -0.4 is 16.0 Å². The summed E-state index contributed by atoms with van der Waals surface area (Å²) in [6.07, 6.45) is -1.37. The monoisotopic (exact) mass is 251 g/mol. The normalized spacial score (nSPS) is 11.7. The summed E-state index contributed by atoms with van der Waals surface area (Å²) in [5, 5.41) is 11.6. The van der Waals surface area contributed by atoms with Crippen LogP contribution in [0.15, 0.2) is 24.3 Å². The third-order valence-corrected chi connectivity index (χ3v) is 2.43. The number of nitrogens with two attached hydrogens (primary N) is 1. The van der Waals surface area contributed by atoms with Crippen molar-refractivity contribution in [3.63, 3.8) is 0 Å². The molecule has 0 radical (unpaired) electrons. The largest absolute Gasteiger partial charge is 0.381 e. The zero-order valence-electron chi connectivity index (χ0n) is 10.4. The van der Waals surface area contributed by atoms with Crippen LogP contribution in [0.1, 0.15) is 10.4 Å². The first-order valence-electron chi connectivity index (χ1n) is 5.45. The van der Waals surface area contributed by atoms with Gasteiger partial charge in [-0.15, -0.1) is 0 Å². The summed E-state index contributed by atoms with van der Waals surface area (Å²) >= 11 is 0. The minimum absolute atomic E-state index is 0.191. The molecule has 18 heavy (non-hydrogen) atoms. The van der Waals surface area contributed by atoms with Gasteiger partial charge in [-0.1, -0.05) is 0 Å². The van der Waals surface area contributed by atoms with Crippen LogP contribution in [-0.2, 0) is 4.79 Å². The van der Waals surface area contributed by atoms with Crippen molar-refractivity contribution in [3.05, 3.63) is 29.8 Å². The number of benzene rings is 1. The Balaban J connectivity index is 2.59. The summed E-state index contributed by atoms with van der Waals surface area (Å²) in [4.78, 5) is 24.2. The Bertz CT molecular complexity index is 429. The van der Waals surface area contributed by atoms with E-state index in [0.717, 1.165) is 5.69 Å². The summed E-state index contributed by atoms with van der Waals surface area (Å²) in [5.74, 6) is -1.22. The molecule has 0 heterocycles. The van der Waals surface area contributed by atoms with Crippen molar-refractivity contribution in [2.24, 2.45) is 5.73 Å². The van der Waals surface area contributed by atoms with Gasteiger partial charge in [0.1, 0.15) is 6.10 Å². The number of anilines is 1. The summed E-state index contributed by atoms with van der Waals surface area (Å²) in [7, 11) is 3.80. The Morgan fingerprint density at radius 1 is 1.33 bits per heavy atom. The molecule has 0 bridgehead atoms. The van der Waals surface area contributed by atoms with Gasteiger partial charge in [-0.05, 0) is 24.3 Å². The molecule has 0 fully saturated rings. The summed E-state index contributed by atoms with van der Waals surface area (Å²) in [5.41, 5.74) is 6.30. The van der Waals surface area contributed by atoms with Crippen LogP contribution in [0.2, 0.25) is 0 Å². The average molecular weight is 251 g/mol. The summed E-state index contributed by atoms with van der Waals surface area (Å²) < 4.78 is 0. The lowest BCUT2D eigenvalue weighted by molar-refractivity contribution is -0.125. The van der Waals surface area contributed by atoms with Crippen molar-refractivity contribution >= 4 is 17.5 Å². The van der Waals surface area contributed by atoms with Gasteiger partial charge in [0.2, 0.25) is 5.91 Å². The molecule has 0 aliphatic heterocycles. The molecule has 1 aromatic carbocycles. The van der Waals surface area contributed by atoms with Crippen molar-refractivity contribution < 1.29 is 14.7 Å². The minimum atomic E-state index is -1.37. The van der Waals surface area contributed by atoms with Gasteiger partial charge in [0, 0.05) is 25.3 Å². The third-order valence-electron chi connectivity index (χ3n) is 2.43. The van der Waals surface area contributed by atoms with Gasteiger partial charge in [-0.3, -0.25) is 9.59 Å². The second-order valence-corrected chi connectivity index (χ2v) is 4.07. The van der Waals surface area contributed by atoms with Crippen molar-refractivity contribution in [2.75, 3.05) is 25.5 Å². The molecule has 0 aliphatic carbocycles. The van der Waals surface area contributed by atoms with E-state index in [2.05, 4.69) is 5.32 Å². The van der Waals surface area contributed by atoms with Gasteiger partial charge in [-0.25, -0.2) is 0 Å². The molecule has 98 valence electrons. The number of hydrogen-bond acceptors (Lipinski definition) is 4. The maximum atomic E-state index is 11.7. The highest BCUT2D eigenvalue weighted by Gasteiger charge is 2.13. The number of hydrogen-bond donors (Lipinski definition) is 3. The molecular formula is C12H17N3O3. The molecule has 1 unspecified atom stereocenters. The number of nitrogens with zero attached hydrogens (tertiary/aromatic N) is 1. The molecule has 0 spiro atoms. The zero-order chi connectivity index (χ0) is 13.7. The molecule has 1 aromatic rings. The maximum Gasteiger partial charge on any atom is 0.251 e. The molecule has 0 saturated heterocycles. The highest BCUT2D eigenvalue weighted by Crippen LogP contribution is 2.11. The third kappa shape index (κ3) is 3.74. The fraction of sp³-hybridized carbons (Fsp3) is 0.333. The number of nitrogens with one attached hydrogen (secondary N) is 1. The lowest BCUT2D eigenvalue weighted by atomic mass is 10.2. The molecular weight excluding hydrogens is 234 g/mol.